The van der Waals surface area contributed by atoms with Gasteiger partial charge in [0.15, 0.2) is 0 Å². The van der Waals surface area contributed by atoms with Gasteiger partial charge in [-0.1, -0.05) is 17.7 Å². The normalized spacial score (nSPS) is 15.0. The zero-order valence-corrected chi connectivity index (χ0v) is 15.3. The molecule has 1 N–H and O–H groups in total. The van der Waals surface area contributed by atoms with Gasteiger partial charge in [0.05, 0.1) is 7.11 Å². The van der Waals surface area contributed by atoms with Gasteiger partial charge in [-0.2, -0.15) is 0 Å². The quantitative estimate of drug-likeness (QED) is 0.880. The van der Waals surface area contributed by atoms with Gasteiger partial charge in [0.1, 0.15) is 11.6 Å². The van der Waals surface area contributed by atoms with E-state index in [1.165, 1.54) is 12.1 Å². The number of rotatable bonds is 4. The number of anilines is 1. The van der Waals surface area contributed by atoms with Crippen LogP contribution in [0.4, 0.5) is 14.9 Å². The lowest BCUT2D eigenvalue weighted by molar-refractivity contribution is 0.142. The van der Waals surface area contributed by atoms with Crippen molar-refractivity contribution >= 4 is 23.3 Å². The molecule has 2 aromatic carbocycles. The van der Waals surface area contributed by atoms with Crippen LogP contribution < -0.4 is 10.1 Å². The zero-order chi connectivity index (χ0) is 18.5. The van der Waals surface area contributed by atoms with Crippen molar-refractivity contribution in [1.82, 2.24) is 9.80 Å². The summed E-state index contributed by atoms with van der Waals surface area (Å²) in [5.74, 6) is 0.434. The maximum Gasteiger partial charge on any atom is 0.321 e. The van der Waals surface area contributed by atoms with Crippen LogP contribution in [0.15, 0.2) is 42.5 Å². The highest BCUT2D eigenvalue weighted by Gasteiger charge is 2.22. The number of amides is 2. The summed E-state index contributed by atoms with van der Waals surface area (Å²) in [6.07, 6.45) is 0. The van der Waals surface area contributed by atoms with Gasteiger partial charge in [-0.15, -0.1) is 0 Å². The second-order valence-electron chi connectivity index (χ2n) is 6.16. The van der Waals surface area contributed by atoms with Crippen LogP contribution >= 0.6 is 11.6 Å². The van der Waals surface area contributed by atoms with Crippen LogP contribution in [-0.2, 0) is 6.54 Å². The van der Waals surface area contributed by atoms with Crippen LogP contribution in [0.2, 0.25) is 5.02 Å². The van der Waals surface area contributed by atoms with Gasteiger partial charge in [-0.3, -0.25) is 4.90 Å². The molecule has 3 rings (SSSR count). The maximum absolute atomic E-state index is 13.2. The Morgan fingerprint density at radius 1 is 1.19 bits per heavy atom. The van der Waals surface area contributed by atoms with Crippen LogP contribution in [0.25, 0.3) is 0 Å². The smallest absolute Gasteiger partial charge is 0.321 e. The topological polar surface area (TPSA) is 44.8 Å². The van der Waals surface area contributed by atoms with E-state index in [0.29, 0.717) is 30.3 Å². The fourth-order valence-electron chi connectivity index (χ4n) is 2.99. The highest BCUT2D eigenvalue weighted by atomic mass is 35.5. The molecule has 1 saturated heterocycles. The molecule has 7 heteroatoms. The lowest BCUT2D eigenvalue weighted by Crippen LogP contribution is -2.49. The van der Waals surface area contributed by atoms with Gasteiger partial charge in [-0.25, -0.2) is 9.18 Å². The van der Waals surface area contributed by atoms with Crippen LogP contribution in [-0.4, -0.2) is 49.1 Å². The third-order valence-corrected chi connectivity index (χ3v) is 4.61. The van der Waals surface area contributed by atoms with Crippen molar-refractivity contribution in [2.45, 2.75) is 6.54 Å². The minimum Gasteiger partial charge on any atom is -0.496 e. The molecule has 0 saturated carbocycles. The summed E-state index contributed by atoms with van der Waals surface area (Å²) in [5, 5.41) is 3.41. The number of urea groups is 1. The van der Waals surface area contributed by atoms with E-state index >= 15 is 0 Å². The summed E-state index contributed by atoms with van der Waals surface area (Å²) in [5.41, 5.74) is 1.48. The largest absolute Gasteiger partial charge is 0.496 e. The minimum absolute atomic E-state index is 0.212. The molecule has 5 nitrogen and oxygen atoms in total. The Kier molecular flexibility index (Phi) is 5.96. The Bertz CT molecular complexity index is 779. The van der Waals surface area contributed by atoms with Crippen LogP contribution in [0.5, 0.6) is 5.75 Å². The van der Waals surface area contributed by atoms with Crippen molar-refractivity contribution in [3.63, 3.8) is 0 Å². The van der Waals surface area contributed by atoms with E-state index in [2.05, 4.69) is 10.2 Å². The van der Waals surface area contributed by atoms with Gasteiger partial charge in [0.2, 0.25) is 0 Å². The lowest BCUT2D eigenvalue weighted by Gasteiger charge is -2.34. The maximum atomic E-state index is 13.2. The Labute approximate surface area is 157 Å². The number of piperazine rings is 1. The molecule has 1 aliphatic rings. The molecule has 2 amide bonds. The number of nitrogens with one attached hydrogen (secondary N) is 1. The third kappa shape index (κ3) is 4.65. The molecule has 1 fully saturated rings. The van der Waals surface area contributed by atoms with Crippen LogP contribution in [0.3, 0.4) is 0 Å². The number of halogens is 2. The summed E-state index contributed by atoms with van der Waals surface area (Å²) in [7, 11) is 1.64. The monoisotopic (exact) mass is 377 g/mol. The first-order valence-electron chi connectivity index (χ1n) is 8.41. The Morgan fingerprint density at radius 2 is 1.96 bits per heavy atom. The number of methoxy groups -OCH3 is 1. The molecule has 138 valence electrons. The first-order valence-corrected chi connectivity index (χ1v) is 8.79. The summed E-state index contributed by atoms with van der Waals surface area (Å²) >= 11 is 6.08. The van der Waals surface area contributed by atoms with Crippen molar-refractivity contribution in [1.29, 1.82) is 0 Å². The molecule has 0 atom stereocenters. The van der Waals surface area contributed by atoms with E-state index in [9.17, 15) is 9.18 Å². The molecule has 26 heavy (non-hydrogen) atoms. The predicted molar refractivity (Wildman–Crippen MR) is 100 cm³/mol. The fraction of sp³-hybridized carbons (Fsp3) is 0.316. The van der Waals surface area contributed by atoms with E-state index in [1.807, 2.05) is 12.1 Å². The summed E-state index contributed by atoms with van der Waals surface area (Å²) in [4.78, 5) is 16.3. The molecule has 0 aliphatic carbocycles. The minimum atomic E-state index is -0.372. The highest BCUT2D eigenvalue weighted by Crippen LogP contribution is 2.24. The molecule has 0 radical (unpaired) electrons. The Balaban J connectivity index is 1.54. The second-order valence-corrected chi connectivity index (χ2v) is 6.60. The molecular weight excluding hydrogens is 357 g/mol. The summed E-state index contributed by atoms with van der Waals surface area (Å²) in [6, 6.07) is 11.3. The standard InChI is InChI=1S/C19H21ClFN3O2/c1-26-18-6-5-15(20)11-14(18)13-23-7-9-24(10-8-23)19(25)22-17-4-2-3-16(21)12-17/h2-6,11-12H,7-10,13H2,1H3,(H,22,25). The molecule has 1 aliphatic heterocycles. The SMILES string of the molecule is COc1ccc(Cl)cc1CN1CCN(C(=O)Nc2cccc(F)c2)CC1. The van der Waals surface area contributed by atoms with E-state index in [-0.39, 0.29) is 11.8 Å². The molecule has 0 spiro atoms. The zero-order valence-electron chi connectivity index (χ0n) is 14.5. The van der Waals surface area contributed by atoms with Crippen LogP contribution in [0.1, 0.15) is 5.56 Å². The van der Waals surface area contributed by atoms with Gasteiger partial charge >= 0.3 is 6.03 Å². The average molecular weight is 378 g/mol. The van der Waals surface area contributed by atoms with E-state index in [0.717, 1.165) is 24.4 Å². The molecular formula is C19H21ClFN3O2. The first-order chi connectivity index (χ1) is 12.5. The highest BCUT2D eigenvalue weighted by molar-refractivity contribution is 6.30. The van der Waals surface area contributed by atoms with Crippen molar-refractivity contribution in [3.05, 3.63) is 58.9 Å². The van der Waals surface area contributed by atoms with E-state index in [1.54, 1.807) is 30.2 Å². The number of nitrogens with zero attached hydrogens (tertiary/aromatic N) is 2. The summed E-state index contributed by atoms with van der Waals surface area (Å²) < 4.78 is 18.6. The number of hydrogen-bond acceptors (Lipinski definition) is 3. The van der Waals surface area contributed by atoms with E-state index in [4.69, 9.17) is 16.3 Å². The molecule has 0 unspecified atom stereocenters. The van der Waals surface area contributed by atoms with Gasteiger partial charge in [-0.05, 0) is 36.4 Å². The van der Waals surface area contributed by atoms with Crippen molar-refractivity contribution in [3.8, 4) is 5.75 Å². The predicted octanol–water partition coefficient (Wildman–Crippen LogP) is 3.84. The molecule has 2 aromatic rings. The molecule has 0 bridgehead atoms. The molecule has 1 heterocycles. The van der Waals surface area contributed by atoms with E-state index < -0.39 is 0 Å². The fourth-order valence-corrected chi connectivity index (χ4v) is 3.18. The van der Waals surface area contributed by atoms with Gasteiger partial charge < -0.3 is 15.0 Å². The number of hydrogen-bond donors (Lipinski definition) is 1. The molecule has 0 aromatic heterocycles. The first kappa shape index (κ1) is 18.5. The van der Waals surface area contributed by atoms with Crippen molar-refractivity contribution in [2.24, 2.45) is 0 Å². The number of carbonyl (C=O) groups excluding carboxylic acids is 1. The third-order valence-electron chi connectivity index (χ3n) is 4.37. The Morgan fingerprint density at radius 3 is 2.65 bits per heavy atom. The second kappa shape index (κ2) is 8.38. The average Bonchev–Trinajstić information content (AvgIpc) is 2.62. The van der Waals surface area contributed by atoms with Crippen molar-refractivity contribution in [2.75, 3.05) is 38.6 Å². The van der Waals surface area contributed by atoms with Gasteiger partial charge in [0, 0.05) is 49.0 Å². The summed E-state index contributed by atoms with van der Waals surface area (Å²) in [6.45, 7) is 3.40. The van der Waals surface area contributed by atoms with Gasteiger partial charge in [0.25, 0.3) is 0 Å². The lowest BCUT2D eigenvalue weighted by atomic mass is 10.1. The number of ether oxygens (including phenoxy) is 1. The van der Waals surface area contributed by atoms with Crippen molar-refractivity contribution < 1.29 is 13.9 Å². The van der Waals surface area contributed by atoms with Crippen LogP contribution in [0, 0.1) is 5.82 Å². The number of carbonyl (C=O) groups is 1. The Hall–Kier alpha value is -2.31. The number of benzene rings is 2.